The van der Waals surface area contributed by atoms with Gasteiger partial charge in [0.05, 0.1) is 12.8 Å². The lowest BCUT2D eigenvalue weighted by molar-refractivity contribution is -0.122. The average Bonchev–Trinajstić information content (AvgIpc) is 2.55. The Balaban J connectivity index is 1.80. The molecule has 0 spiro atoms. The number of nitrogens with one attached hydrogen (secondary N) is 2. The molecule has 1 aliphatic rings. The van der Waals surface area contributed by atoms with E-state index in [0.29, 0.717) is 28.4 Å². The Morgan fingerprint density at radius 3 is 2.87 bits per heavy atom. The number of hydrogen-bond donors (Lipinski definition) is 2. The minimum absolute atomic E-state index is 0.203. The van der Waals surface area contributed by atoms with Gasteiger partial charge >= 0.3 is 0 Å². The van der Waals surface area contributed by atoms with Gasteiger partial charge in [-0.1, -0.05) is 6.07 Å². The maximum atomic E-state index is 12.4. The molecule has 0 aromatic heterocycles. The molecule has 0 radical (unpaired) electrons. The highest BCUT2D eigenvalue weighted by molar-refractivity contribution is 6.06. The Hall–Kier alpha value is -3.02. The van der Waals surface area contributed by atoms with Crippen LogP contribution in [0.15, 0.2) is 42.5 Å². The second-order valence-electron chi connectivity index (χ2n) is 5.15. The molecule has 2 aromatic rings. The molecule has 0 fully saturated rings. The van der Waals surface area contributed by atoms with Crippen molar-refractivity contribution >= 4 is 23.2 Å². The average molecular weight is 312 g/mol. The molecule has 1 heterocycles. The van der Waals surface area contributed by atoms with Crippen LogP contribution in [-0.2, 0) is 4.79 Å². The molecule has 3 rings (SSSR count). The number of fused-ring (bicyclic) bond motifs is 1. The van der Waals surface area contributed by atoms with E-state index in [9.17, 15) is 9.59 Å². The number of amides is 2. The van der Waals surface area contributed by atoms with Gasteiger partial charge in [0.1, 0.15) is 11.5 Å². The van der Waals surface area contributed by atoms with Crippen molar-refractivity contribution in [1.29, 1.82) is 0 Å². The maximum absolute atomic E-state index is 12.4. The molecule has 2 N–H and O–H groups in total. The molecule has 118 valence electrons. The van der Waals surface area contributed by atoms with Crippen LogP contribution in [0.2, 0.25) is 0 Å². The van der Waals surface area contributed by atoms with E-state index in [1.165, 1.54) is 0 Å². The number of hydrogen-bond acceptors (Lipinski definition) is 4. The van der Waals surface area contributed by atoms with E-state index in [0.717, 1.165) is 0 Å². The van der Waals surface area contributed by atoms with Crippen LogP contribution in [0.25, 0.3) is 0 Å². The number of benzene rings is 2. The Bertz CT molecular complexity index is 773. The fraction of sp³-hybridized carbons (Fsp3) is 0.176. The summed E-state index contributed by atoms with van der Waals surface area (Å²) in [4.78, 5) is 23.9. The van der Waals surface area contributed by atoms with Crippen molar-refractivity contribution in [3.63, 3.8) is 0 Å². The normalized spacial score (nSPS) is 15.9. The van der Waals surface area contributed by atoms with Crippen LogP contribution in [0, 0.1) is 0 Å². The molecule has 1 atom stereocenters. The Morgan fingerprint density at radius 1 is 1.26 bits per heavy atom. The minimum atomic E-state index is -0.584. The summed E-state index contributed by atoms with van der Waals surface area (Å²) in [5.41, 5.74) is 1.63. The van der Waals surface area contributed by atoms with Gasteiger partial charge in [-0.15, -0.1) is 0 Å². The number of anilines is 2. The summed E-state index contributed by atoms with van der Waals surface area (Å²) in [5.74, 6) is 0.670. The van der Waals surface area contributed by atoms with Gasteiger partial charge in [-0.05, 0) is 37.3 Å². The predicted molar refractivity (Wildman–Crippen MR) is 86.1 cm³/mol. The lowest BCUT2D eigenvalue weighted by Gasteiger charge is -2.23. The summed E-state index contributed by atoms with van der Waals surface area (Å²) >= 11 is 0. The van der Waals surface area contributed by atoms with Crippen molar-refractivity contribution in [3.8, 4) is 11.5 Å². The molecule has 1 aliphatic heterocycles. The molecule has 0 bridgehead atoms. The van der Waals surface area contributed by atoms with Crippen LogP contribution in [0.4, 0.5) is 11.4 Å². The van der Waals surface area contributed by atoms with Gasteiger partial charge < -0.3 is 20.1 Å². The molecule has 6 nitrogen and oxygen atoms in total. The summed E-state index contributed by atoms with van der Waals surface area (Å²) in [6, 6.07) is 12.0. The second kappa shape index (κ2) is 6.00. The van der Waals surface area contributed by atoms with Gasteiger partial charge in [0, 0.05) is 17.3 Å². The molecule has 0 saturated carbocycles. The van der Waals surface area contributed by atoms with Gasteiger partial charge in [-0.2, -0.15) is 0 Å². The van der Waals surface area contributed by atoms with Gasteiger partial charge in [0.25, 0.3) is 11.8 Å². The maximum Gasteiger partial charge on any atom is 0.265 e. The Kier molecular flexibility index (Phi) is 3.89. The van der Waals surface area contributed by atoms with Crippen LogP contribution >= 0.6 is 0 Å². The fourth-order valence-corrected chi connectivity index (χ4v) is 2.25. The van der Waals surface area contributed by atoms with Crippen LogP contribution < -0.4 is 20.1 Å². The number of methoxy groups -OCH3 is 1. The summed E-state index contributed by atoms with van der Waals surface area (Å²) in [5, 5.41) is 5.53. The Labute approximate surface area is 133 Å². The van der Waals surface area contributed by atoms with Crippen molar-refractivity contribution in [2.45, 2.75) is 13.0 Å². The third kappa shape index (κ3) is 3.11. The number of carbonyl (C=O) groups is 2. The zero-order chi connectivity index (χ0) is 16.4. The van der Waals surface area contributed by atoms with Gasteiger partial charge in [0.15, 0.2) is 6.10 Å². The molecule has 0 saturated heterocycles. The van der Waals surface area contributed by atoms with Crippen LogP contribution in [-0.4, -0.2) is 25.0 Å². The van der Waals surface area contributed by atoms with Crippen molar-refractivity contribution < 1.29 is 19.1 Å². The smallest absolute Gasteiger partial charge is 0.265 e. The Morgan fingerprint density at radius 2 is 2.09 bits per heavy atom. The number of ether oxygens (including phenoxy) is 2. The van der Waals surface area contributed by atoms with Gasteiger partial charge in [-0.25, -0.2) is 0 Å². The number of carbonyl (C=O) groups excluding carboxylic acids is 2. The SMILES string of the molecule is COc1cccc(NC(=O)c2ccc3c(c2)OC(C)C(=O)N3)c1. The summed E-state index contributed by atoms with van der Waals surface area (Å²) in [6.07, 6.45) is -0.584. The second-order valence-corrected chi connectivity index (χ2v) is 5.15. The van der Waals surface area contributed by atoms with Crippen molar-refractivity contribution in [2.24, 2.45) is 0 Å². The molecular formula is C17H16N2O4. The lowest BCUT2D eigenvalue weighted by Crippen LogP contribution is -2.34. The zero-order valence-corrected chi connectivity index (χ0v) is 12.8. The van der Waals surface area contributed by atoms with E-state index in [2.05, 4.69) is 10.6 Å². The fourth-order valence-electron chi connectivity index (χ4n) is 2.25. The molecule has 23 heavy (non-hydrogen) atoms. The molecule has 6 heteroatoms. The van der Waals surface area contributed by atoms with E-state index < -0.39 is 6.10 Å². The van der Waals surface area contributed by atoms with Gasteiger partial charge in [0.2, 0.25) is 0 Å². The minimum Gasteiger partial charge on any atom is -0.497 e. The van der Waals surface area contributed by atoms with Crippen LogP contribution in [0.5, 0.6) is 11.5 Å². The first-order valence-electron chi connectivity index (χ1n) is 7.14. The summed E-state index contributed by atoms with van der Waals surface area (Å²) in [6.45, 7) is 1.65. The molecular weight excluding hydrogens is 296 g/mol. The molecule has 2 aromatic carbocycles. The monoisotopic (exact) mass is 312 g/mol. The standard InChI is InChI=1S/C17H16N2O4/c1-10-16(20)19-14-7-6-11(8-15(14)23-10)17(21)18-12-4-3-5-13(9-12)22-2/h3-10H,1-2H3,(H,18,21)(H,19,20). The largest absolute Gasteiger partial charge is 0.497 e. The van der Waals surface area contributed by atoms with Crippen LogP contribution in [0.1, 0.15) is 17.3 Å². The first-order chi connectivity index (χ1) is 11.1. The first kappa shape index (κ1) is 14.9. The predicted octanol–water partition coefficient (Wildman–Crippen LogP) is 2.67. The summed E-state index contributed by atoms with van der Waals surface area (Å²) in [7, 11) is 1.57. The van der Waals surface area contributed by atoms with E-state index >= 15 is 0 Å². The quantitative estimate of drug-likeness (QED) is 0.913. The van der Waals surface area contributed by atoms with Crippen LogP contribution in [0.3, 0.4) is 0 Å². The molecule has 1 unspecified atom stereocenters. The number of rotatable bonds is 3. The third-order valence-electron chi connectivity index (χ3n) is 3.50. The highest BCUT2D eigenvalue weighted by Gasteiger charge is 2.24. The van der Waals surface area contributed by atoms with Crippen molar-refractivity contribution in [3.05, 3.63) is 48.0 Å². The van der Waals surface area contributed by atoms with Crippen molar-refractivity contribution in [1.82, 2.24) is 0 Å². The zero-order valence-electron chi connectivity index (χ0n) is 12.8. The van der Waals surface area contributed by atoms with E-state index in [-0.39, 0.29) is 11.8 Å². The third-order valence-corrected chi connectivity index (χ3v) is 3.50. The topological polar surface area (TPSA) is 76.7 Å². The van der Waals surface area contributed by atoms with E-state index in [1.807, 2.05) is 0 Å². The van der Waals surface area contributed by atoms with E-state index in [1.54, 1.807) is 56.5 Å². The van der Waals surface area contributed by atoms with Gasteiger partial charge in [-0.3, -0.25) is 9.59 Å². The molecule has 0 aliphatic carbocycles. The summed E-state index contributed by atoms with van der Waals surface area (Å²) < 4.78 is 10.6. The molecule has 2 amide bonds. The van der Waals surface area contributed by atoms with Crippen molar-refractivity contribution in [2.75, 3.05) is 17.7 Å². The van der Waals surface area contributed by atoms with E-state index in [4.69, 9.17) is 9.47 Å². The lowest BCUT2D eigenvalue weighted by atomic mass is 10.1. The highest BCUT2D eigenvalue weighted by Crippen LogP contribution is 2.30. The highest BCUT2D eigenvalue weighted by atomic mass is 16.5. The first-order valence-corrected chi connectivity index (χ1v) is 7.14.